The highest BCUT2D eigenvalue weighted by atomic mass is 16.5. The Morgan fingerprint density at radius 3 is 2.47 bits per heavy atom. The largest absolute Gasteiger partial charge is 0.493 e. The summed E-state index contributed by atoms with van der Waals surface area (Å²) in [5, 5.41) is 12.3. The third kappa shape index (κ3) is 5.86. The maximum Gasteiger partial charge on any atom is 0.320 e. The summed E-state index contributed by atoms with van der Waals surface area (Å²) in [5.41, 5.74) is 7.25. The van der Waals surface area contributed by atoms with Crippen LogP contribution in [0, 0.1) is 0 Å². The molecule has 10 heteroatoms. The van der Waals surface area contributed by atoms with E-state index in [0.29, 0.717) is 45.3 Å². The Kier molecular flexibility index (Phi) is 7.57. The van der Waals surface area contributed by atoms with Gasteiger partial charge in [0.1, 0.15) is 18.1 Å². The molecule has 0 aliphatic carbocycles. The number of aromatic nitrogens is 2. The molecule has 184 valence electrons. The van der Waals surface area contributed by atoms with Crippen LogP contribution < -0.4 is 25.3 Å². The Morgan fingerprint density at radius 2 is 1.78 bits per heavy atom. The molecule has 4 rings (SSSR count). The number of anilines is 1. The van der Waals surface area contributed by atoms with E-state index in [1.54, 1.807) is 60.7 Å². The second-order valence-corrected chi connectivity index (χ2v) is 7.73. The van der Waals surface area contributed by atoms with Gasteiger partial charge in [0, 0.05) is 23.7 Å². The number of carbonyl (C=O) groups excluding carboxylic acids is 1. The van der Waals surface area contributed by atoms with Gasteiger partial charge in [-0.2, -0.15) is 0 Å². The Bertz CT molecular complexity index is 1360. The number of methoxy groups -OCH3 is 1. The van der Waals surface area contributed by atoms with Crippen LogP contribution in [0.15, 0.2) is 73.1 Å². The van der Waals surface area contributed by atoms with E-state index in [9.17, 15) is 9.59 Å². The fourth-order valence-electron chi connectivity index (χ4n) is 3.32. The zero-order valence-electron chi connectivity index (χ0n) is 19.4. The summed E-state index contributed by atoms with van der Waals surface area (Å²) in [4.78, 5) is 31.8. The smallest absolute Gasteiger partial charge is 0.320 e. The Hall–Kier alpha value is -4.70. The van der Waals surface area contributed by atoms with Crippen LogP contribution >= 0.6 is 0 Å². The summed E-state index contributed by atoms with van der Waals surface area (Å²) >= 11 is 0. The van der Waals surface area contributed by atoms with Crippen molar-refractivity contribution in [2.24, 2.45) is 5.73 Å². The summed E-state index contributed by atoms with van der Waals surface area (Å²) in [6.45, 7) is 0.0942. The molecule has 36 heavy (non-hydrogen) atoms. The van der Waals surface area contributed by atoms with Crippen molar-refractivity contribution in [3.8, 4) is 23.1 Å². The van der Waals surface area contributed by atoms with Gasteiger partial charge in [0.2, 0.25) is 5.88 Å². The number of amides is 1. The number of rotatable bonds is 10. The minimum Gasteiger partial charge on any atom is -0.493 e. The number of nitrogens with two attached hydrogens (primary N) is 1. The zero-order valence-corrected chi connectivity index (χ0v) is 19.4. The molecule has 0 aliphatic heterocycles. The summed E-state index contributed by atoms with van der Waals surface area (Å²) in [7, 11) is 1.49. The predicted molar refractivity (Wildman–Crippen MR) is 133 cm³/mol. The van der Waals surface area contributed by atoms with Gasteiger partial charge in [-0.1, -0.05) is 18.2 Å². The van der Waals surface area contributed by atoms with Crippen molar-refractivity contribution in [3.05, 3.63) is 78.6 Å². The molecule has 3 aromatic carbocycles. The number of ether oxygens (including phenoxy) is 3. The van der Waals surface area contributed by atoms with E-state index in [2.05, 4.69) is 15.3 Å². The maximum atomic E-state index is 12.3. The van der Waals surface area contributed by atoms with E-state index >= 15 is 0 Å². The van der Waals surface area contributed by atoms with E-state index in [-0.39, 0.29) is 18.9 Å². The number of hydrogen-bond acceptors (Lipinski definition) is 8. The first-order chi connectivity index (χ1) is 17.4. The molecular formula is C26H24N4O6. The molecule has 1 atom stereocenters. The van der Waals surface area contributed by atoms with Gasteiger partial charge < -0.3 is 30.4 Å². The lowest BCUT2D eigenvalue weighted by Crippen LogP contribution is -2.31. The number of aliphatic carboxylic acids is 1. The summed E-state index contributed by atoms with van der Waals surface area (Å²) in [5.74, 6) is 0.315. The first-order valence-corrected chi connectivity index (χ1v) is 11.0. The van der Waals surface area contributed by atoms with Crippen LogP contribution in [0.4, 0.5) is 5.69 Å². The maximum absolute atomic E-state index is 12.3. The van der Waals surface area contributed by atoms with Crippen LogP contribution in [0.5, 0.6) is 23.1 Å². The Morgan fingerprint density at radius 1 is 1.03 bits per heavy atom. The second kappa shape index (κ2) is 11.2. The molecule has 0 saturated heterocycles. The Balaban J connectivity index is 1.48. The quantitative estimate of drug-likeness (QED) is 0.303. The predicted octanol–water partition coefficient (Wildman–Crippen LogP) is 3.86. The van der Waals surface area contributed by atoms with Gasteiger partial charge in [-0.25, -0.2) is 9.97 Å². The van der Waals surface area contributed by atoms with Crippen LogP contribution in [-0.2, 0) is 4.79 Å². The van der Waals surface area contributed by atoms with Crippen LogP contribution in [0.2, 0.25) is 0 Å². The van der Waals surface area contributed by atoms with Crippen molar-refractivity contribution >= 4 is 28.5 Å². The highest BCUT2D eigenvalue weighted by Crippen LogP contribution is 2.36. The molecule has 0 bridgehead atoms. The van der Waals surface area contributed by atoms with Gasteiger partial charge >= 0.3 is 5.97 Å². The summed E-state index contributed by atoms with van der Waals surface area (Å²) in [6, 6.07) is 18.2. The molecule has 1 aromatic heterocycles. The highest BCUT2D eigenvalue weighted by Gasteiger charge is 2.15. The van der Waals surface area contributed by atoms with Crippen molar-refractivity contribution < 1.29 is 28.9 Å². The van der Waals surface area contributed by atoms with Crippen molar-refractivity contribution in [1.29, 1.82) is 0 Å². The average Bonchev–Trinajstić information content (AvgIpc) is 2.90. The standard InChI is InChI=1S/C26H24N4O6/c1-34-22-13-19-21(14-23(22)35-12-11-20(27)26(32)33)28-15-29-25(19)36-18-9-7-17(8-10-18)30-24(31)16-5-3-2-4-6-16/h2-10,13-15,20H,11-12,27H2,1H3,(H,30,31)(H,32,33)/t20-/m0/s1. The molecule has 0 radical (unpaired) electrons. The molecule has 4 N–H and O–H groups in total. The molecule has 0 spiro atoms. The molecule has 10 nitrogen and oxygen atoms in total. The van der Waals surface area contributed by atoms with E-state index in [4.69, 9.17) is 25.1 Å². The third-order valence-electron chi connectivity index (χ3n) is 5.25. The summed E-state index contributed by atoms with van der Waals surface area (Å²) in [6.07, 6.45) is 1.50. The van der Waals surface area contributed by atoms with Crippen molar-refractivity contribution in [2.45, 2.75) is 12.5 Å². The molecule has 0 saturated carbocycles. The second-order valence-electron chi connectivity index (χ2n) is 7.73. The number of carboxylic acid groups (broad SMARTS) is 1. The van der Waals surface area contributed by atoms with E-state index in [1.165, 1.54) is 13.4 Å². The first kappa shape index (κ1) is 24.4. The van der Waals surface area contributed by atoms with Crippen molar-refractivity contribution in [2.75, 3.05) is 19.0 Å². The van der Waals surface area contributed by atoms with Crippen molar-refractivity contribution in [1.82, 2.24) is 9.97 Å². The molecule has 0 aliphatic rings. The molecule has 0 fully saturated rings. The number of benzene rings is 3. The van der Waals surface area contributed by atoms with Gasteiger partial charge in [-0.3, -0.25) is 9.59 Å². The van der Waals surface area contributed by atoms with Crippen LogP contribution in [-0.4, -0.2) is 46.7 Å². The van der Waals surface area contributed by atoms with Gasteiger partial charge in [-0.15, -0.1) is 0 Å². The highest BCUT2D eigenvalue weighted by molar-refractivity contribution is 6.04. The molecule has 4 aromatic rings. The van der Waals surface area contributed by atoms with E-state index in [0.717, 1.165) is 0 Å². The summed E-state index contributed by atoms with van der Waals surface area (Å²) < 4.78 is 17.1. The monoisotopic (exact) mass is 488 g/mol. The van der Waals surface area contributed by atoms with Gasteiger partial charge in [0.15, 0.2) is 11.5 Å². The SMILES string of the molecule is COc1cc2c(Oc3ccc(NC(=O)c4ccccc4)cc3)ncnc2cc1OCC[C@H](N)C(=O)O. The molecular weight excluding hydrogens is 464 g/mol. The number of carbonyl (C=O) groups is 2. The lowest BCUT2D eigenvalue weighted by atomic mass is 10.2. The molecule has 1 amide bonds. The van der Waals surface area contributed by atoms with E-state index < -0.39 is 12.0 Å². The number of carboxylic acids is 1. The fraction of sp³-hybridized carbons (Fsp3) is 0.154. The first-order valence-electron chi connectivity index (χ1n) is 11.0. The van der Waals surface area contributed by atoms with Crippen molar-refractivity contribution in [3.63, 3.8) is 0 Å². The van der Waals surface area contributed by atoms with E-state index in [1.807, 2.05) is 6.07 Å². The third-order valence-corrected chi connectivity index (χ3v) is 5.25. The van der Waals surface area contributed by atoms with Gasteiger partial charge in [0.25, 0.3) is 5.91 Å². The fourth-order valence-corrected chi connectivity index (χ4v) is 3.32. The van der Waals surface area contributed by atoms with Crippen LogP contribution in [0.25, 0.3) is 10.9 Å². The topological polar surface area (TPSA) is 146 Å². The van der Waals surface area contributed by atoms with Gasteiger partial charge in [-0.05, 0) is 42.5 Å². The molecule has 0 unspecified atom stereocenters. The van der Waals surface area contributed by atoms with Crippen LogP contribution in [0.1, 0.15) is 16.8 Å². The zero-order chi connectivity index (χ0) is 25.5. The van der Waals surface area contributed by atoms with Crippen LogP contribution in [0.3, 0.4) is 0 Å². The molecule has 1 heterocycles. The van der Waals surface area contributed by atoms with Gasteiger partial charge in [0.05, 0.1) is 24.6 Å². The lowest BCUT2D eigenvalue weighted by molar-refractivity contribution is -0.138. The number of nitrogens with one attached hydrogen (secondary N) is 1. The average molecular weight is 489 g/mol. The lowest BCUT2D eigenvalue weighted by Gasteiger charge is -2.14. The minimum atomic E-state index is -1.09. The number of hydrogen-bond donors (Lipinski definition) is 3. The number of nitrogens with zero attached hydrogens (tertiary/aromatic N) is 2. The minimum absolute atomic E-state index is 0.0942. The Labute approximate surface area is 206 Å². The number of fused-ring (bicyclic) bond motifs is 1. The normalized spacial score (nSPS) is 11.5.